The number of hydrogen-bond donors (Lipinski definition) is 2. The molecule has 7 aliphatic heterocycles. The van der Waals surface area contributed by atoms with Crippen molar-refractivity contribution in [3.8, 4) is 23.0 Å². The minimum absolute atomic E-state index is 0.00486. The Labute approximate surface area is 605 Å². The van der Waals surface area contributed by atoms with Crippen molar-refractivity contribution in [3.63, 3.8) is 0 Å². The summed E-state index contributed by atoms with van der Waals surface area (Å²) in [6, 6.07) is 23.1. The normalized spacial score (nSPS) is 18.7. The van der Waals surface area contributed by atoms with Crippen molar-refractivity contribution < 1.29 is 62.3 Å². The van der Waals surface area contributed by atoms with Crippen LogP contribution in [0.25, 0.3) is 16.7 Å². The number of nitrogens with two attached hydrogens (primary N) is 1. The highest BCUT2D eigenvalue weighted by molar-refractivity contribution is 5.72. The van der Waals surface area contributed by atoms with E-state index in [1.807, 2.05) is 32.9 Å². The van der Waals surface area contributed by atoms with E-state index in [0.29, 0.717) is 67.5 Å². The highest BCUT2D eigenvalue weighted by Crippen LogP contribution is 2.38. The van der Waals surface area contributed by atoms with Crippen LogP contribution in [0.4, 0.5) is 27.5 Å². The summed E-state index contributed by atoms with van der Waals surface area (Å²) >= 11 is 0. The van der Waals surface area contributed by atoms with E-state index in [2.05, 4.69) is 60.2 Å². The number of hydrogen-bond acceptors (Lipinski definition) is 23. The van der Waals surface area contributed by atoms with Crippen LogP contribution >= 0.6 is 0 Å². The smallest absolute Gasteiger partial charge is 0.410 e. The molecule has 4 saturated heterocycles. The summed E-state index contributed by atoms with van der Waals surface area (Å²) in [7, 11) is 6.04. The molecule has 7 aliphatic rings. The van der Waals surface area contributed by atoms with Crippen LogP contribution in [0.3, 0.4) is 0 Å². The number of benzene rings is 4. The summed E-state index contributed by atoms with van der Waals surface area (Å²) in [6.07, 6.45) is 18.0. The van der Waals surface area contributed by atoms with Gasteiger partial charge in [0.1, 0.15) is 24.6 Å². The second-order valence-electron chi connectivity index (χ2n) is 27.9. The van der Waals surface area contributed by atoms with E-state index in [4.69, 9.17) is 38.9 Å². The fourth-order valence-corrected chi connectivity index (χ4v) is 14.5. The molecule has 0 atom stereocenters. The first-order valence-electron chi connectivity index (χ1n) is 36.1. The molecule has 0 spiro atoms. The summed E-state index contributed by atoms with van der Waals surface area (Å²) in [4.78, 5) is 79.9. The van der Waals surface area contributed by atoms with Crippen molar-refractivity contribution in [2.45, 2.75) is 135 Å². The number of methoxy groups -OCH3 is 4. The number of nitro groups is 3. The van der Waals surface area contributed by atoms with Crippen LogP contribution in [-0.4, -0.2) is 232 Å². The van der Waals surface area contributed by atoms with Gasteiger partial charge in [0.05, 0.1) is 48.9 Å². The molecule has 0 aromatic heterocycles. The second-order valence-corrected chi connectivity index (χ2v) is 27.9. The molecular weight excluding hydrogens is 1320 g/mol. The Morgan fingerprint density at radius 2 is 0.913 bits per heavy atom. The Kier molecular flexibility index (Phi) is 30.5. The molecule has 0 aliphatic carbocycles. The van der Waals surface area contributed by atoms with Crippen LogP contribution in [-0.2, 0) is 23.8 Å². The molecule has 4 fully saturated rings. The average molecular weight is 1430 g/mol. The molecule has 7 heterocycles. The van der Waals surface area contributed by atoms with Crippen molar-refractivity contribution in [2.75, 3.05) is 152 Å². The number of nitrogens with zero attached hydrogens (tertiary/aromatic N) is 9. The van der Waals surface area contributed by atoms with E-state index in [0.717, 1.165) is 159 Å². The molecule has 0 unspecified atom stereocenters. The van der Waals surface area contributed by atoms with Gasteiger partial charge in [0, 0.05) is 109 Å². The molecule has 27 nitrogen and oxygen atoms in total. The van der Waals surface area contributed by atoms with Gasteiger partial charge in [0.2, 0.25) is 0 Å². The number of amides is 1. The van der Waals surface area contributed by atoms with Gasteiger partial charge in [-0.3, -0.25) is 59.5 Å². The number of nitro benzene ring substituents is 3. The Balaban J connectivity index is 0.000000177. The lowest BCUT2D eigenvalue weighted by Crippen LogP contribution is -2.48. The zero-order valence-electron chi connectivity index (χ0n) is 61.6. The van der Waals surface area contributed by atoms with Crippen molar-refractivity contribution in [1.29, 1.82) is 0 Å². The summed E-state index contributed by atoms with van der Waals surface area (Å²) in [5.41, 5.74) is 14.1. The Morgan fingerprint density at radius 1 is 0.505 bits per heavy atom. The second kappa shape index (κ2) is 39.2. The lowest BCUT2D eigenvalue weighted by atomic mass is 9.87. The summed E-state index contributed by atoms with van der Waals surface area (Å²) in [5.74, 6) is 1.88. The number of piperidine rings is 4. The monoisotopic (exact) mass is 1430 g/mol. The predicted octanol–water partition coefficient (Wildman–Crippen LogP) is 11.3. The third-order valence-electron chi connectivity index (χ3n) is 20.3. The van der Waals surface area contributed by atoms with Crippen molar-refractivity contribution >= 4 is 57.5 Å². The van der Waals surface area contributed by atoms with E-state index >= 15 is 0 Å². The number of esters is 2. The molecule has 0 radical (unpaired) electrons. The van der Waals surface area contributed by atoms with Gasteiger partial charge in [-0.25, -0.2) is 4.79 Å². The molecule has 4 aromatic rings. The maximum Gasteiger partial charge on any atom is 0.410 e. The number of nitrogens with one attached hydrogen (secondary N) is 1. The molecule has 0 saturated carbocycles. The maximum absolute atomic E-state index is 12.2. The lowest BCUT2D eigenvalue weighted by Gasteiger charge is -2.42. The SMILES string of the molecule is COc1cc(C2=CCN(C3CCN(C(=O)OC(C)(C)C)CC3)CC2)ccc1[N+](=O)[O-].COc1cc(C2=CCN(C3CCN(CCOC(C)=O)CC3)CC2)ccc1[N+](=O)[O-].COc1cc(C2=CCNCC2)ccc1[N+](=O)[O-].COc1cc(C2CCN(C3CCN(CCOC(C)=O)CC3)CC2)ccc1N. The predicted molar refractivity (Wildman–Crippen MR) is 397 cm³/mol. The first kappa shape index (κ1) is 80.0. The highest BCUT2D eigenvalue weighted by atomic mass is 16.6. The third kappa shape index (κ3) is 23.9. The van der Waals surface area contributed by atoms with E-state index < -0.39 is 20.4 Å². The Bertz CT molecular complexity index is 3600. The average Bonchev–Trinajstić information content (AvgIpc) is 0.834. The zero-order chi connectivity index (χ0) is 74.2. The van der Waals surface area contributed by atoms with Crippen LogP contribution in [0.15, 0.2) is 91.0 Å². The molecule has 103 heavy (non-hydrogen) atoms. The van der Waals surface area contributed by atoms with Gasteiger partial charge in [-0.1, -0.05) is 24.3 Å². The van der Waals surface area contributed by atoms with Gasteiger partial charge in [0.15, 0.2) is 17.2 Å². The lowest BCUT2D eigenvalue weighted by molar-refractivity contribution is -0.385. The minimum Gasteiger partial charge on any atom is -0.495 e. The molecule has 562 valence electrons. The number of anilines is 1. The van der Waals surface area contributed by atoms with Crippen LogP contribution in [0.1, 0.15) is 133 Å². The fraction of sp³-hybridized carbons (Fsp3) is 0.566. The van der Waals surface area contributed by atoms with Crippen LogP contribution in [0.5, 0.6) is 23.0 Å². The maximum atomic E-state index is 12.2. The number of likely N-dealkylation sites (tertiary alicyclic amines) is 4. The molecule has 3 N–H and O–H groups in total. The largest absolute Gasteiger partial charge is 0.495 e. The molecule has 1 amide bonds. The van der Waals surface area contributed by atoms with E-state index in [-0.39, 0.29) is 40.8 Å². The van der Waals surface area contributed by atoms with Crippen LogP contribution < -0.4 is 30.0 Å². The third-order valence-corrected chi connectivity index (χ3v) is 20.3. The number of carbonyl (C=O) groups excluding carboxylic acids is 3. The van der Waals surface area contributed by atoms with Gasteiger partial charge in [0.25, 0.3) is 0 Å². The highest BCUT2D eigenvalue weighted by Gasteiger charge is 2.33. The molecular formula is C76H107N11O16. The standard InChI is InChI=1S/C22H31N3O5.C21H29N3O5.C21H33N3O3.C12H14N2O3/c1-22(2,3)30-21(26)24-13-9-18(10-14-24)23-11-7-16(8-12-23)17-5-6-19(25(27)28)20(15-17)29-4;1-16(25)29-14-13-22-9-7-19(8-10-22)23-11-5-17(6-12-23)18-3-4-20(24(26)27)21(15-18)28-2;1-16(25)27-14-13-23-9-7-19(8-10-23)24-11-5-17(6-12-24)18-3-4-20(22)21(15-18)26-2;1-17-12-8-10(2-3-11(12)14(15)16)9-4-6-13-7-5-9/h5-7,15,18H,8-14H2,1-4H3;3-5,15,19H,6-14H2,1-2H3;3-4,15,17,19H,5-14,22H2,1-2H3;2-4,8,13H,5-7H2,1H3. The van der Waals surface area contributed by atoms with Crippen molar-refractivity contribution in [1.82, 2.24) is 34.7 Å². The Morgan fingerprint density at radius 3 is 1.27 bits per heavy atom. The van der Waals surface area contributed by atoms with Gasteiger partial charge >= 0.3 is 35.1 Å². The van der Waals surface area contributed by atoms with Crippen molar-refractivity contribution in [2.24, 2.45) is 0 Å². The van der Waals surface area contributed by atoms with E-state index in [1.165, 1.54) is 101 Å². The summed E-state index contributed by atoms with van der Waals surface area (Å²) < 4.78 is 36.4. The first-order chi connectivity index (χ1) is 49.4. The summed E-state index contributed by atoms with van der Waals surface area (Å²) in [5, 5.41) is 36.2. The van der Waals surface area contributed by atoms with Gasteiger partial charge in [-0.05, 0) is 231 Å². The summed E-state index contributed by atoms with van der Waals surface area (Å²) in [6.45, 7) is 24.6. The zero-order valence-corrected chi connectivity index (χ0v) is 61.6. The number of rotatable bonds is 20. The Hall–Kier alpha value is -8.73. The van der Waals surface area contributed by atoms with Crippen molar-refractivity contribution in [3.05, 3.63) is 144 Å². The van der Waals surface area contributed by atoms with Gasteiger partial charge in [-0.15, -0.1) is 0 Å². The number of nitrogen functional groups attached to an aromatic ring is 1. The first-order valence-corrected chi connectivity index (χ1v) is 36.1. The van der Waals surface area contributed by atoms with Crippen LogP contribution in [0.2, 0.25) is 0 Å². The topological polar surface area (TPSA) is 303 Å². The van der Waals surface area contributed by atoms with Gasteiger partial charge < -0.3 is 54.0 Å². The molecule has 11 rings (SSSR count). The van der Waals surface area contributed by atoms with Gasteiger partial charge in [-0.2, -0.15) is 0 Å². The van der Waals surface area contributed by atoms with Crippen LogP contribution in [0, 0.1) is 30.3 Å². The van der Waals surface area contributed by atoms with E-state index in [9.17, 15) is 44.7 Å². The minimum atomic E-state index is -0.470. The molecule has 4 aromatic carbocycles. The molecule has 0 bridgehead atoms. The quantitative estimate of drug-likeness (QED) is 0.0273. The van der Waals surface area contributed by atoms with E-state index in [1.54, 1.807) is 42.3 Å². The number of carbonyl (C=O) groups is 3. The molecule has 27 heteroatoms. The number of ether oxygens (including phenoxy) is 7. The fourth-order valence-electron chi connectivity index (χ4n) is 14.5.